The minimum absolute atomic E-state index is 0.159. The molecule has 0 spiro atoms. The van der Waals surface area contributed by atoms with E-state index in [-0.39, 0.29) is 18.1 Å². The Bertz CT molecular complexity index is 936. The highest BCUT2D eigenvalue weighted by Gasteiger charge is 2.16. The quantitative estimate of drug-likeness (QED) is 0.0788. The number of ether oxygens (including phenoxy) is 1. The van der Waals surface area contributed by atoms with E-state index < -0.39 is 11.9 Å². The second-order valence-corrected chi connectivity index (χ2v) is 8.70. The molecule has 0 aromatic carbocycles. The van der Waals surface area contributed by atoms with Gasteiger partial charge in [-0.25, -0.2) is 13.8 Å². The summed E-state index contributed by atoms with van der Waals surface area (Å²) < 4.78 is 44.2. The van der Waals surface area contributed by atoms with Gasteiger partial charge < -0.3 is 10.1 Å². The van der Waals surface area contributed by atoms with Crippen molar-refractivity contribution in [3.8, 4) is 12.3 Å². The van der Waals surface area contributed by atoms with Gasteiger partial charge in [0.1, 0.15) is 17.5 Å². The monoisotopic (exact) mass is 625 g/mol. The molecule has 4 nitrogen and oxygen atoms in total. The highest BCUT2D eigenvalue weighted by Crippen LogP contribution is 2.22. The fraction of sp³-hybridized carbons (Fsp3) is 0.457. The van der Waals surface area contributed by atoms with Crippen molar-refractivity contribution in [2.45, 2.75) is 81.3 Å². The zero-order valence-electron chi connectivity index (χ0n) is 28.5. The van der Waals surface area contributed by atoms with E-state index in [0.29, 0.717) is 12.8 Å². The second kappa shape index (κ2) is 41.1. The maximum atomic E-state index is 13.1. The van der Waals surface area contributed by atoms with Crippen LogP contribution in [0.25, 0.3) is 0 Å². The van der Waals surface area contributed by atoms with Crippen LogP contribution in [0.2, 0.25) is 0 Å². The number of hydrogen-bond acceptors (Lipinski definition) is 5. The molecule has 0 amide bonds. The first-order valence-corrected chi connectivity index (χ1v) is 15.1. The van der Waals surface area contributed by atoms with E-state index in [1.165, 1.54) is 32.1 Å². The van der Waals surface area contributed by atoms with Crippen molar-refractivity contribution < 1.29 is 17.9 Å². The Hall–Kier alpha value is -2.99. The number of nitrogens with one attached hydrogen (secondary N) is 2. The molecule has 0 bridgehead atoms. The van der Waals surface area contributed by atoms with Crippen LogP contribution in [0, 0.1) is 12.3 Å². The van der Waals surface area contributed by atoms with Crippen LogP contribution in [0.5, 0.6) is 0 Å². The van der Waals surface area contributed by atoms with Gasteiger partial charge in [0, 0.05) is 36.8 Å². The van der Waals surface area contributed by atoms with Crippen molar-refractivity contribution in [3.05, 3.63) is 95.3 Å². The third kappa shape index (κ3) is 37.0. The minimum Gasteiger partial charge on any atom is -0.376 e. The molecule has 0 heterocycles. The molecule has 0 saturated carbocycles. The van der Waals surface area contributed by atoms with E-state index >= 15 is 0 Å². The maximum absolute atomic E-state index is 13.1. The number of allylic oxidation sites excluding steroid dienone is 9. The molecule has 43 heavy (non-hydrogen) atoms. The third-order valence-corrected chi connectivity index (χ3v) is 5.08. The first-order chi connectivity index (χ1) is 20.5. The van der Waals surface area contributed by atoms with Crippen LogP contribution in [0.4, 0.5) is 13.2 Å². The van der Waals surface area contributed by atoms with Crippen LogP contribution < -0.4 is 10.0 Å². The predicted molar refractivity (Wildman–Crippen MR) is 190 cm³/mol. The van der Waals surface area contributed by atoms with E-state index in [1.807, 2.05) is 85.9 Å². The molecule has 0 aromatic heterocycles. The van der Waals surface area contributed by atoms with E-state index in [4.69, 9.17) is 4.74 Å². The van der Waals surface area contributed by atoms with Gasteiger partial charge >= 0.3 is 0 Å². The van der Waals surface area contributed by atoms with Gasteiger partial charge in [0.05, 0.1) is 12.8 Å². The zero-order chi connectivity index (χ0) is 34.5. The summed E-state index contributed by atoms with van der Waals surface area (Å²) in [6, 6.07) is 0. The minimum atomic E-state index is -0.549. The van der Waals surface area contributed by atoms with Gasteiger partial charge in [0.25, 0.3) is 0 Å². The van der Waals surface area contributed by atoms with Crippen molar-refractivity contribution in [2.75, 3.05) is 27.4 Å². The molecule has 2 N–H and O–H groups in total. The number of methoxy groups -OCH3 is 1. The summed E-state index contributed by atoms with van der Waals surface area (Å²) in [6.07, 6.45) is 21.6. The SMILES string of the molecule is C#CC.C/C=C\C.C=C(F)C(=C)C(C/C(C)=C(/N=C\C=C/C)NCC)OC.CC.CCF.CNSC1=CCC=C(F)C=C1. The lowest BCUT2D eigenvalue weighted by Gasteiger charge is -2.18. The Labute approximate surface area is 267 Å². The van der Waals surface area contributed by atoms with Crippen LogP contribution in [-0.2, 0) is 4.74 Å². The van der Waals surface area contributed by atoms with Gasteiger partial charge in [0.2, 0.25) is 0 Å². The largest absolute Gasteiger partial charge is 0.376 e. The Morgan fingerprint density at radius 3 is 2.09 bits per heavy atom. The smallest absolute Gasteiger partial charge is 0.124 e. The van der Waals surface area contributed by atoms with Gasteiger partial charge in [-0.2, -0.15) is 0 Å². The van der Waals surface area contributed by atoms with E-state index in [2.05, 4.69) is 40.5 Å². The van der Waals surface area contributed by atoms with Crippen LogP contribution in [0.3, 0.4) is 0 Å². The number of aliphatic imine (C=N–C) groups is 1. The molecule has 1 rings (SSSR count). The molecular formula is C35H58F3N3OS. The zero-order valence-corrected chi connectivity index (χ0v) is 29.3. The van der Waals surface area contributed by atoms with Crippen molar-refractivity contribution >= 4 is 18.2 Å². The van der Waals surface area contributed by atoms with Crippen LogP contribution in [0.1, 0.15) is 75.2 Å². The molecule has 8 heteroatoms. The topological polar surface area (TPSA) is 45.7 Å². The molecule has 0 aliphatic heterocycles. The van der Waals surface area contributed by atoms with Gasteiger partial charge in [-0.1, -0.05) is 51.3 Å². The first-order valence-electron chi connectivity index (χ1n) is 14.3. The number of halogens is 3. The first kappa shape index (κ1) is 49.7. The predicted octanol–water partition coefficient (Wildman–Crippen LogP) is 10.7. The summed E-state index contributed by atoms with van der Waals surface area (Å²) >= 11 is 1.49. The number of nitrogens with zero attached hydrogens (tertiary/aromatic N) is 1. The van der Waals surface area contributed by atoms with Crippen LogP contribution in [-0.4, -0.2) is 39.7 Å². The van der Waals surface area contributed by atoms with Gasteiger partial charge in [-0.05, 0) is 104 Å². The summed E-state index contributed by atoms with van der Waals surface area (Å²) in [5.74, 6) is 2.31. The standard InChI is InChI=1S/C16H25FN2O.C8H10FNS.C4H8.C3H4.C2H5F.C2H6/c1-7-9-10-19-16(18-8-2)12(3)11-15(20-6)13(4)14(5)17;1-10-11-8-4-2-3-7(9)5-6-8;1-3-4-2;1-3-2;1-2-3;1-2/h7,9-10,15,18H,4-5,8,11H2,1-3,6H3;3-6,10H,2H2,1H3;3-4H,1-2H3;1H,2H3;2H2,1H3;1-2H3/b9-7-,16-12+,19-10-;;4-3-;;;. The number of terminal acetylenes is 1. The molecule has 246 valence electrons. The molecule has 1 aliphatic rings. The van der Waals surface area contributed by atoms with Crippen LogP contribution in [0.15, 0.2) is 100 Å². The lowest BCUT2D eigenvalue weighted by molar-refractivity contribution is 0.131. The summed E-state index contributed by atoms with van der Waals surface area (Å²) in [4.78, 5) is 5.40. The molecule has 1 atom stereocenters. The number of alkyl halides is 1. The Balaban J connectivity index is -0.000000174. The van der Waals surface area contributed by atoms with Gasteiger partial charge in [-0.15, -0.1) is 12.3 Å². The lowest BCUT2D eigenvalue weighted by Crippen LogP contribution is -2.18. The average Bonchev–Trinajstić information content (AvgIpc) is 3.21. The Kier molecular flexibility index (Phi) is 47.5. The second-order valence-electron chi connectivity index (χ2n) is 7.62. The lowest BCUT2D eigenvalue weighted by atomic mass is 10.0. The Morgan fingerprint density at radius 2 is 1.70 bits per heavy atom. The highest BCUT2D eigenvalue weighted by atomic mass is 32.2. The van der Waals surface area contributed by atoms with Crippen molar-refractivity contribution in [2.24, 2.45) is 4.99 Å². The summed E-state index contributed by atoms with van der Waals surface area (Å²) in [5, 5.41) is 3.19. The molecular weight excluding hydrogens is 567 g/mol. The normalized spacial score (nSPS) is 12.8. The van der Waals surface area contributed by atoms with Crippen LogP contribution >= 0.6 is 11.9 Å². The fourth-order valence-electron chi connectivity index (χ4n) is 2.36. The fourth-order valence-corrected chi connectivity index (χ4v) is 2.91. The third-order valence-electron chi connectivity index (χ3n) is 4.34. The molecule has 1 unspecified atom stereocenters. The highest BCUT2D eigenvalue weighted by molar-refractivity contribution is 8.01. The summed E-state index contributed by atoms with van der Waals surface area (Å²) in [5.41, 5.74) is 1.24. The van der Waals surface area contributed by atoms with Gasteiger partial charge in [0.15, 0.2) is 0 Å². The molecule has 0 aromatic rings. The molecule has 0 saturated heterocycles. The molecule has 0 radical (unpaired) electrons. The van der Waals surface area contributed by atoms with Crippen molar-refractivity contribution in [1.29, 1.82) is 0 Å². The Morgan fingerprint density at radius 1 is 1.16 bits per heavy atom. The summed E-state index contributed by atoms with van der Waals surface area (Å²) in [7, 11) is 3.37. The maximum Gasteiger partial charge on any atom is 0.124 e. The van der Waals surface area contributed by atoms with Gasteiger partial charge in [-0.3, -0.25) is 9.11 Å². The van der Waals surface area contributed by atoms with Crippen molar-refractivity contribution in [1.82, 2.24) is 10.0 Å². The van der Waals surface area contributed by atoms with E-state index in [1.54, 1.807) is 25.3 Å². The summed E-state index contributed by atoms with van der Waals surface area (Å²) in [6.45, 7) is 24.4. The average molecular weight is 626 g/mol. The number of rotatable bonds is 11. The van der Waals surface area contributed by atoms with Crippen molar-refractivity contribution in [3.63, 3.8) is 0 Å². The number of hydrogen-bond donors (Lipinski definition) is 2. The molecule has 1 aliphatic carbocycles. The molecule has 0 fully saturated rings. The van der Waals surface area contributed by atoms with E-state index in [9.17, 15) is 13.2 Å². The van der Waals surface area contributed by atoms with E-state index in [0.717, 1.165) is 22.8 Å².